The Hall–Kier alpha value is -3.16. The minimum absolute atomic E-state index is 0.224. The predicted octanol–water partition coefficient (Wildman–Crippen LogP) is 7.41. The number of esters is 1. The van der Waals surface area contributed by atoms with Crippen molar-refractivity contribution in [3.8, 4) is 17.0 Å². The largest absolute Gasteiger partial charge is 0.487 e. The molecule has 0 fully saturated rings. The number of carbonyl (C=O) groups is 1. The molecule has 7 heteroatoms. The molecule has 6 nitrogen and oxygen atoms in total. The van der Waals surface area contributed by atoms with Crippen molar-refractivity contribution in [1.82, 2.24) is 9.97 Å². The number of aromatic amines is 1. The quantitative estimate of drug-likeness (QED) is 0.203. The van der Waals surface area contributed by atoms with Gasteiger partial charge in [-0.1, -0.05) is 60.1 Å². The first-order chi connectivity index (χ1) is 17.7. The average molecular weight is 566 g/mol. The number of pyridine rings is 1. The number of fused-ring (bicyclic) bond motifs is 1. The molecule has 0 unspecified atom stereocenters. The maximum atomic E-state index is 11.5. The second-order valence-corrected chi connectivity index (χ2v) is 11.0. The fourth-order valence-electron chi connectivity index (χ4n) is 4.37. The molecule has 0 aliphatic heterocycles. The molecule has 2 heterocycles. The van der Waals surface area contributed by atoms with E-state index in [1.54, 1.807) is 13.3 Å². The van der Waals surface area contributed by atoms with E-state index in [4.69, 9.17) is 19.2 Å². The first kappa shape index (κ1) is 26.9. The Morgan fingerprint density at radius 1 is 1.14 bits per heavy atom. The summed E-state index contributed by atoms with van der Waals surface area (Å²) in [7, 11) is 1.68. The van der Waals surface area contributed by atoms with Gasteiger partial charge in [-0.2, -0.15) is 0 Å². The van der Waals surface area contributed by atoms with Crippen molar-refractivity contribution in [3.05, 3.63) is 82.1 Å². The van der Waals surface area contributed by atoms with Gasteiger partial charge in [-0.3, -0.25) is 9.78 Å². The molecular weight excluding hydrogens is 532 g/mol. The van der Waals surface area contributed by atoms with Crippen LogP contribution in [-0.2, 0) is 27.3 Å². The number of rotatable bonds is 10. The van der Waals surface area contributed by atoms with E-state index >= 15 is 0 Å². The minimum Gasteiger partial charge on any atom is -0.487 e. The summed E-state index contributed by atoms with van der Waals surface area (Å²) < 4.78 is 18.2. The van der Waals surface area contributed by atoms with Gasteiger partial charge in [-0.25, -0.2) is 0 Å². The fourth-order valence-corrected chi connectivity index (χ4v) is 4.73. The molecule has 2 aromatic heterocycles. The molecule has 0 saturated heterocycles. The summed E-state index contributed by atoms with van der Waals surface area (Å²) in [5.74, 6) is 0.398. The van der Waals surface area contributed by atoms with Gasteiger partial charge in [0.2, 0.25) is 0 Å². The Bertz CT molecular complexity index is 1380. The SMILES string of the molecule is CO[C@@H](C)c1ncc(OCc2ccccc2)cc1-c1[nH]c2ccc(Br)cc2c1CC(C)(C)COC(C)=O. The molecule has 4 rings (SSSR count). The minimum atomic E-state index is -0.292. The van der Waals surface area contributed by atoms with E-state index in [0.717, 1.165) is 43.5 Å². The number of aromatic nitrogens is 2. The van der Waals surface area contributed by atoms with Crippen LogP contribution >= 0.6 is 15.9 Å². The van der Waals surface area contributed by atoms with E-state index in [-0.39, 0.29) is 17.5 Å². The molecule has 0 radical (unpaired) electrons. The van der Waals surface area contributed by atoms with Crippen molar-refractivity contribution in [3.63, 3.8) is 0 Å². The Morgan fingerprint density at radius 3 is 2.59 bits per heavy atom. The standard InChI is InChI=1S/C30H33BrN2O4/c1-19(35-5)28-25(14-23(16-32-28)36-17-21-9-7-6-8-10-21)29-26(15-30(3,4)18-37-20(2)34)24-13-22(31)11-12-27(24)33-29/h6-14,16,19,33H,15,17-18H2,1-5H3/t19-/m0/s1. The van der Waals surface area contributed by atoms with Crippen molar-refractivity contribution in [1.29, 1.82) is 0 Å². The maximum absolute atomic E-state index is 11.5. The highest BCUT2D eigenvalue weighted by Gasteiger charge is 2.27. The summed E-state index contributed by atoms with van der Waals surface area (Å²) >= 11 is 3.63. The third-order valence-corrected chi connectivity index (χ3v) is 6.83. The average Bonchev–Trinajstić information content (AvgIpc) is 3.23. The first-order valence-corrected chi connectivity index (χ1v) is 13.1. The molecule has 1 atom stereocenters. The molecule has 0 bridgehead atoms. The molecule has 0 saturated carbocycles. The van der Waals surface area contributed by atoms with Crippen LogP contribution in [0, 0.1) is 5.41 Å². The molecule has 4 aromatic rings. The summed E-state index contributed by atoms with van der Waals surface area (Å²) in [5.41, 5.74) is 5.63. The zero-order valence-electron chi connectivity index (χ0n) is 21.9. The number of nitrogens with zero attached hydrogens (tertiary/aromatic N) is 1. The van der Waals surface area contributed by atoms with Gasteiger partial charge in [0.05, 0.1) is 30.3 Å². The number of nitrogens with one attached hydrogen (secondary N) is 1. The van der Waals surface area contributed by atoms with Crippen molar-refractivity contribution >= 4 is 32.8 Å². The van der Waals surface area contributed by atoms with Gasteiger partial charge in [0, 0.05) is 40.4 Å². The molecule has 0 spiro atoms. The van der Waals surface area contributed by atoms with Gasteiger partial charge < -0.3 is 19.2 Å². The van der Waals surface area contributed by atoms with Crippen LogP contribution in [0.4, 0.5) is 0 Å². The van der Waals surface area contributed by atoms with Crippen LogP contribution in [0.2, 0.25) is 0 Å². The Kier molecular flexibility index (Phi) is 8.35. The van der Waals surface area contributed by atoms with E-state index in [9.17, 15) is 4.79 Å². The smallest absolute Gasteiger partial charge is 0.302 e. The zero-order chi connectivity index (χ0) is 26.6. The number of hydrogen-bond donors (Lipinski definition) is 1. The van der Waals surface area contributed by atoms with Crippen molar-refractivity contribution < 1.29 is 19.0 Å². The highest BCUT2D eigenvalue weighted by atomic mass is 79.9. The number of halogens is 1. The monoisotopic (exact) mass is 564 g/mol. The topological polar surface area (TPSA) is 73.4 Å². The number of benzene rings is 2. The van der Waals surface area contributed by atoms with Crippen LogP contribution in [0.3, 0.4) is 0 Å². The summed E-state index contributed by atoms with van der Waals surface area (Å²) in [6, 6.07) is 18.3. The lowest BCUT2D eigenvalue weighted by molar-refractivity contribution is -0.143. The number of ether oxygens (including phenoxy) is 3. The molecule has 194 valence electrons. The van der Waals surface area contributed by atoms with E-state index in [2.05, 4.69) is 46.9 Å². The summed E-state index contributed by atoms with van der Waals surface area (Å²) in [4.78, 5) is 19.9. The summed E-state index contributed by atoms with van der Waals surface area (Å²) in [6.07, 6.45) is 2.21. The van der Waals surface area contributed by atoms with E-state index in [0.29, 0.717) is 25.4 Å². The van der Waals surface area contributed by atoms with Crippen LogP contribution < -0.4 is 4.74 Å². The fraction of sp³-hybridized carbons (Fsp3) is 0.333. The molecule has 2 aromatic carbocycles. The molecule has 0 aliphatic rings. The normalized spacial score (nSPS) is 12.5. The highest BCUT2D eigenvalue weighted by Crippen LogP contribution is 2.40. The van der Waals surface area contributed by atoms with Crippen molar-refractivity contribution in [2.75, 3.05) is 13.7 Å². The third kappa shape index (κ3) is 6.59. The Labute approximate surface area is 226 Å². The van der Waals surface area contributed by atoms with Gasteiger partial charge in [-0.15, -0.1) is 0 Å². The van der Waals surface area contributed by atoms with Crippen molar-refractivity contribution in [2.45, 2.75) is 46.8 Å². The van der Waals surface area contributed by atoms with Gasteiger partial charge in [-0.05, 0) is 48.7 Å². The maximum Gasteiger partial charge on any atom is 0.302 e. The van der Waals surface area contributed by atoms with Gasteiger partial charge >= 0.3 is 5.97 Å². The molecule has 0 amide bonds. The number of H-pyrrole nitrogens is 1. The van der Waals surface area contributed by atoms with E-state index < -0.39 is 0 Å². The van der Waals surface area contributed by atoms with E-state index in [1.807, 2.05) is 49.4 Å². The Balaban J connectivity index is 1.81. The van der Waals surface area contributed by atoms with Crippen LogP contribution in [0.1, 0.15) is 50.6 Å². The van der Waals surface area contributed by atoms with Gasteiger partial charge in [0.25, 0.3) is 0 Å². The number of carbonyl (C=O) groups excluding carboxylic acids is 1. The van der Waals surface area contributed by atoms with Gasteiger partial charge in [0.1, 0.15) is 12.4 Å². The van der Waals surface area contributed by atoms with E-state index in [1.165, 1.54) is 6.92 Å². The second-order valence-electron chi connectivity index (χ2n) is 10.0. The third-order valence-electron chi connectivity index (χ3n) is 6.34. The second kappa shape index (κ2) is 11.5. The van der Waals surface area contributed by atoms with Gasteiger partial charge in [0.15, 0.2) is 0 Å². The summed E-state index contributed by atoms with van der Waals surface area (Å²) in [5, 5.41) is 1.10. The predicted molar refractivity (Wildman–Crippen MR) is 150 cm³/mol. The number of hydrogen-bond acceptors (Lipinski definition) is 5. The van der Waals surface area contributed by atoms with Crippen LogP contribution in [0.5, 0.6) is 5.75 Å². The summed E-state index contributed by atoms with van der Waals surface area (Å²) in [6.45, 7) is 8.40. The number of methoxy groups -OCH3 is 1. The lowest BCUT2D eigenvalue weighted by atomic mass is 9.84. The molecule has 0 aliphatic carbocycles. The zero-order valence-corrected chi connectivity index (χ0v) is 23.5. The van der Waals surface area contributed by atoms with Crippen LogP contribution in [0.25, 0.3) is 22.2 Å². The first-order valence-electron chi connectivity index (χ1n) is 12.3. The van der Waals surface area contributed by atoms with Crippen LogP contribution in [-0.4, -0.2) is 29.7 Å². The molecule has 37 heavy (non-hydrogen) atoms. The lowest BCUT2D eigenvalue weighted by Crippen LogP contribution is -2.24. The molecular formula is C30H33BrN2O4. The van der Waals surface area contributed by atoms with Crippen LogP contribution in [0.15, 0.2) is 65.3 Å². The molecule has 1 N–H and O–H groups in total. The van der Waals surface area contributed by atoms with Crippen molar-refractivity contribution in [2.24, 2.45) is 5.41 Å². The Morgan fingerprint density at radius 2 is 1.89 bits per heavy atom. The lowest BCUT2D eigenvalue weighted by Gasteiger charge is -2.25. The highest BCUT2D eigenvalue weighted by molar-refractivity contribution is 9.10.